The minimum absolute atomic E-state index is 0.687. The number of benzene rings is 1. The first-order valence-electron chi connectivity index (χ1n) is 4.58. The molecule has 0 aliphatic heterocycles. The van der Waals surface area contributed by atoms with E-state index in [4.69, 9.17) is 5.73 Å². The molecule has 0 saturated carbocycles. The van der Waals surface area contributed by atoms with Gasteiger partial charge in [0.1, 0.15) is 6.20 Å². The van der Waals surface area contributed by atoms with Crippen molar-refractivity contribution in [1.29, 1.82) is 0 Å². The third kappa shape index (κ3) is 2.10. The van der Waals surface area contributed by atoms with E-state index in [0.717, 1.165) is 10.7 Å². The van der Waals surface area contributed by atoms with E-state index in [1.807, 2.05) is 47.3 Å². The van der Waals surface area contributed by atoms with Crippen molar-refractivity contribution >= 4 is 17.4 Å². The fourth-order valence-electron chi connectivity index (χ4n) is 1.33. The highest BCUT2D eigenvalue weighted by Crippen LogP contribution is 2.13. The average Bonchev–Trinajstić information content (AvgIpc) is 2.30. The van der Waals surface area contributed by atoms with Crippen LogP contribution in [0.25, 0.3) is 5.69 Å². The van der Waals surface area contributed by atoms with Crippen LogP contribution in [0.2, 0.25) is 0 Å². The van der Waals surface area contributed by atoms with Crippen LogP contribution in [0.1, 0.15) is 0 Å². The number of para-hydroxylation sites is 1. The van der Waals surface area contributed by atoms with Gasteiger partial charge in [-0.1, -0.05) is 30.0 Å². The summed E-state index contributed by atoms with van der Waals surface area (Å²) in [5.41, 5.74) is 7.42. The van der Waals surface area contributed by atoms with E-state index in [9.17, 15) is 0 Å². The summed E-state index contributed by atoms with van der Waals surface area (Å²) in [4.78, 5) is 0. The predicted molar refractivity (Wildman–Crippen MR) is 62.0 cm³/mol. The van der Waals surface area contributed by atoms with Gasteiger partial charge in [-0.2, -0.15) is 0 Å². The number of anilines is 1. The van der Waals surface area contributed by atoms with Gasteiger partial charge in [0.15, 0.2) is 0 Å². The second-order valence-corrected chi connectivity index (χ2v) is 3.91. The lowest BCUT2D eigenvalue weighted by atomic mass is 10.3. The molecule has 2 aromatic rings. The topological polar surface area (TPSA) is 42.8 Å². The minimum atomic E-state index is 0.687. The summed E-state index contributed by atoms with van der Waals surface area (Å²) < 4.78 is 1.88. The van der Waals surface area contributed by atoms with Gasteiger partial charge in [0.2, 0.25) is 5.69 Å². The Labute approximate surface area is 92.9 Å². The number of hydrogen-bond donors (Lipinski definition) is 1. The van der Waals surface area contributed by atoms with Gasteiger partial charge in [-0.3, -0.25) is 0 Å². The number of nitrogens with zero attached hydrogens (tertiary/aromatic N) is 2. The Morgan fingerprint density at radius 2 is 2.00 bits per heavy atom. The molecule has 15 heavy (non-hydrogen) atoms. The lowest BCUT2D eigenvalue weighted by Gasteiger charge is -1.98. The van der Waals surface area contributed by atoms with Crippen molar-refractivity contribution < 1.29 is 4.68 Å². The zero-order valence-corrected chi connectivity index (χ0v) is 9.24. The molecular weight excluding hydrogens is 206 g/mol. The van der Waals surface area contributed by atoms with Crippen LogP contribution in [-0.2, 0) is 0 Å². The summed E-state index contributed by atoms with van der Waals surface area (Å²) >= 11 is 1.62. The van der Waals surface area contributed by atoms with Crippen LogP contribution in [-0.4, -0.2) is 11.4 Å². The Hall–Kier alpha value is -1.55. The highest BCUT2D eigenvalue weighted by atomic mass is 32.2. The van der Waals surface area contributed by atoms with Crippen LogP contribution < -0.4 is 10.4 Å². The summed E-state index contributed by atoms with van der Waals surface area (Å²) in [5.74, 6) is 0. The molecule has 0 atom stereocenters. The van der Waals surface area contributed by atoms with E-state index >= 15 is 0 Å². The number of thioether (sulfide) groups is 1. The first-order valence-corrected chi connectivity index (χ1v) is 5.81. The fraction of sp³-hybridized carbons (Fsp3) is 0.0909. The highest BCUT2D eigenvalue weighted by Gasteiger charge is 2.14. The monoisotopic (exact) mass is 218 g/mol. The molecule has 0 radical (unpaired) electrons. The van der Waals surface area contributed by atoms with E-state index in [-0.39, 0.29) is 0 Å². The van der Waals surface area contributed by atoms with Gasteiger partial charge >= 0.3 is 0 Å². The SMILES string of the molecule is CSc1cc(N)cn[n+]1-c1ccccc1. The Balaban J connectivity index is 2.53. The van der Waals surface area contributed by atoms with Crippen molar-refractivity contribution in [3.63, 3.8) is 0 Å². The number of nitrogen functional groups attached to an aromatic ring is 1. The lowest BCUT2D eigenvalue weighted by molar-refractivity contribution is -0.697. The van der Waals surface area contributed by atoms with Crippen molar-refractivity contribution in [2.75, 3.05) is 12.0 Å². The van der Waals surface area contributed by atoms with Crippen molar-refractivity contribution in [2.24, 2.45) is 0 Å². The summed E-state index contributed by atoms with van der Waals surface area (Å²) in [6, 6.07) is 11.9. The van der Waals surface area contributed by atoms with E-state index < -0.39 is 0 Å². The summed E-state index contributed by atoms with van der Waals surface area (Å²) in [5, 5.41) is 5.32. The molecule has 0 unspecified atom stereocenters. The second kappa shape index (κ2) is 4.31. The number of nitrogens with two attached hydrogens (primary N) is 1. The molecule has 0 amide bonds. The quantitative estimate of drug-likeness (QED) is 0.616. The van der Waals surface area contributed by atoms with Crippen LogP contribution in [0.15, 0.2) is 47.6 Å². The second-order valence-electron chi connectivity index (χ2n) is 3.08. The maximum absolute atomic E-state index is 5.69. The molecule has 0 aliphatic rings. The minimum Gasteiger partial charge on any atom is -0.397 e. The van der Waals surface area contributed by atoms with Gasteiger partial charge in [-0.15, -0.1) is 0 Å². The van der Waals surface area contributed by atoms with Crippen molar-refractivity contribution in [3.05, 3.63) is 42.6 Å². The molecule has 4 heteroatoms. The Morgan fingerprint density at radius 1 is 1.27 bits per heavy atom. The summed E-state index contributed by atoms with van der Waals surface area (Å²) in [7, 11) is 0. The molecule has 0 fully saturated rings. The number of rotatable bonds is 2. The third-order valence-corrected chi connectivity index (χ3v) is 2.74. The number of hydrogen-bond acceptors (Lipinski definition) is 3. The molecule has 2 rings (SSSR count). The highest BCUT2D eigenvalue weighted by molar-refractivity contribution is 7.98. The van der Waals surface area contributed by atoms with Gasteiger partial charge in [-0.05, 0) is 10.9 Å². The van der Waals surface area contributed by atoms with Gasteiger partial charge in [0.25, 0.3) is 5.03 Å². The van der Waals surface area contributed by atoms with Crippen LogP contribution in [0.3, 0.4) is 0 Å². The third-order valence-electron chi connectivity index (χ3n) is 2.03. The maximum atomic E-state index is 5.69. The van der Waals surface area contributed by atoms with Crippen LogP contribution in [0.4, 0.5) is 5.69 Å². The van der Waals surface area contributed by atoms with Crippen molar-refractivity contribution in [2.45, 2.75) is 5.03 Å². The van der Waals surface area contributed by atoms with Crippen molar-refractivity contribution in [1.82, 2.24) is 5.10 Å². The molecule has 0 aliphatic carbocycles. The van der Waals surface area contributed by atoms with E-state index in [1.165, 1.54) is 0 Å². The molecule has 2 N–H and O–H groups in total. The zero-order valence-electron chi connectivity index (χ0n) is 8.42. The molecule has 0 saturated heterocycles. The molecule has 1 aromatic heterocycles. The Morgan fingerprint density at radius 3 is 2.67 bits per heavy atom. The molecular formula is C11H12N3S+. The van der Waals surface area contributed by atoms with Crippen LogP contribution in [0, 0.1) is 0 Å². The standard InChI is InChI=1S/C11H11N3S/c1-15-11-7-9(12)8-13-14(11)10-5-3-2-4-6-10/h2-8,12H,1H3/p+1. The largest absolute Gasteiger partial charge is 0.397 e. The lowest BCUT2D eigenvalue weighted by Crippen LogP contribution is -2.37. The van der Waals surface area contributed by atoms with E-state index in [0.29, 0.717) is 5.69 Å². The molecule has 76 valence electrons. The first kappa shape index (κ1) is 9.98. The first-order chi connectivity index (χ1) is 7.31. The van der Waals surface area contributed by atoms with E-state index in [1.54, 1.807) is 18.0 Å². The maximum Gasteiger partial charge on any atom is 0.274 e. The average molecular weight is 218 g/mol. The van der Waals surface area contributed by atoms with Gasteiger partial charge in [0.05, 0.1) is 5.69 Å². The smallest absolute Gasteiger partial charge is 0.274 e. The normalized spacial score (nSPS) is 10.2. The molecule has 0 spiro atoms. The molecule has 1 heterocycles. The summed E-state index contributed by atoms with van der Waals surface area (Å²) in [6.07, 6.45) is 3.67. The van der Waals surface area contributed by atoms with Gasteiger partial charge in [0, 0.05) is 23.3 Å². The Bertz CT molecular complexity index is 457. The van der Waals surface area contributed by atoms with Crippen LogP contribution in [0.5, 0.6) is 0 Å². The fourth-order valence-corrected chi connectivity index (χ4v) is 1.91. The van der Waals surface area contributed by atoms with Gasteiger partial charge < -0.3 is 5.73 Å². The number of aromatic nitrogens is 2. The predicted octanol–water partition coefficient (Wildman–Crippen LogP) is 1.66. The van der Waals surface area contributed by atoms with E-state index in [2.05, 4.69) is 5.10 Å². The molecule has 0 bridgehead atoms. The van der Waals surface area contributed by atoms with Gasteiger partial charge in [-0.25, -0.2) is 0 Å². The molecule has 1 aromatic carbocycles. The van der Waals surface area contributed by atoms with Crippen LogP contribution >= 0.6 is 11.8 Å². The zero-order chi connectivity index (χ0) is 10.7. The van der Waals surface area contributed by atoms with Crippen molar-refractivity contribution in [3.8, 4) is 5.69 Å². The molecule has 3 nitrogen and oxygen atoms in total. The Kier molecular flexibility index (Phi) is 2.87. The summed E-state index contributed by atoms with van der Waals surface area (Å²) in [6.45, 7) is 0.